The van der Waals surface area contributed by atoms with Gasteiger partial charge in [0.05, 0.1) is 12.7 Å². The summed E-state index contributed by atoms with van der Waals surface area (Å²) in [6.07, 6.45) is 3.23. The maximum Gasteiger partial charge on any atom is 0.343 e. The van der Waals surface area contributed by atoms with Gasteiger partial charge in [0.1, 0.15) is 11.5 Å². The molecule has 0 saturated carbocycles. The van der Waals surface area contributed by atoms with Crippen molar-refractivity contribution >= 4 is 17.8 Å². The lowest BCUT2D eigenvalue weighted by Crippen LogP contribution is -2.08. The van der Waals surface area contributed by atoms with Gasteiger partial charge in [-0.3, -0.25) is 4.79 Å². The highest BCUT2D eigenvalue weighted by Gasteiger charge is 2.08. The average molecular weight is 372 g/mol. The summed E-state index contributed by atoms with van der Waals surface area (Å²) in [5, 5.41) is 0. The van der Waals surface area contributed by atoms with Crippen LogP contribution in [-0.2, 0) is 0 Å². The fourth-order valence-electron chi connectivity index (χ4n) is 2.53. The fourth-order valence-corrected chi connectivity index (χ4v) is 2.53. The second kappa shape index (κ2) is 8.82. The number of aryl methyl sites for hydroxylation is 1. The number of methoxy groups -OCH3 is 1. The van der Waals surface area contributed by atoms with Crippen LogP contribution >= 0.6 is 0 Å². The number of carbonyl (C=O) groups is 2. The zero-order chi connectivity index (χ0) is 19.9. The monoisotopic (exact) mass is 372 g/mol. The first-order valence-electron chi connectivity index (χ1n) is 8.80. The van der Waals surface area contributed by atoms with Crippen LogP contribution in [0.15, 0.2) is 78.9 Å². The number of benzene rings is 3. The van der Waals surface area contributed by atoms with E-state index < -0.39 is 5.97 Å². The van der Waals surface area contributed by atoms with Crippen LogP contribution in [0.3, 0.4) is 0 Å². The third-order valence-corrected chi connectivity index (χ3v) is 4.18. The second-order valence-electron chi connectivity index (χ2n) is 6.25. The third kappa shape index (κ3) is 4.95. The van der Waals surface area contributed by atoms with Gasteiger partial charge in [-0.05, 0) is 67.1 Å². The molecule has 0 radical (unpaired) electrons. The largest absolute Gasteiger partial charge is 0.497 e. The number of ether oxygens (including phenoxy) is 2. The lowest BCUT2D eigenvalue weighted by atomic mass is 10.1. The van der Waals surface area contributed by atoms with E-state index in [-0.39, 0.29) is 5.78 Å². The van der Waals surface area contributed by atoms with Gasteiger partial charge >= 0.3 is 5.97 Å². The van der Waals surface area contributed by atoms with E-state index in [4.69, 9.17) is 9.47 Å². The number of hydrogen-bond acceptors (Lipinski definition) is 4. The van der Waals surface area contributed by atoms with Crippen molar-refractivity contribution in [3.63, 3.8) is 0 Å². The molecule has 0 heterocycles. The van der Waals surface area contributed by atoms with Gasteiger partial charge in [-0.25, -0.2) is 4.79 Å². The summed E-state index contributed by atoms with van der Waals surface area (Å²) < 4.78 is 10.5. The van der Waals surface area contributed by atoms with Crippen LogP contribution < -0.4 is 9.47 Å². The van der Waals surface area contributed by atoms with E-state index >= 15 is 0 Å². The topological polar surface area (TPSA) is 52.6 Å². The molecule has 3 aromatic carbocycles. The molecule has 3 rings (SSSR count). The van der Waals surface area contributed by atoms with Gasteiger partial charge in [-0.1, -0.05) is 35.9 Å². The summed E-state index contributed by atoms with van der Waals surface area (Å²) in [5.74, 6) is 0.649. The van der Waals surface area contributed by atoms with Gasteiger partial charge in [0.25, 0.3) is 0 Å². The molecule has 0 fully saturated rings. The minimum atomic E-state index is -0.405. The van der Waals surface area contributed by atoms with Crippen molar-refractivity contribution in [2.24, 2.45) is 0 Å². The lowest BCUT2D eigenvalue weighted by Gasteiger charge is -2.05. The van der Waals surface area contributed by atoms with E-state index in [0.717, 1.165) is 11.1 Å². The Morgan fingerprint density at radius 2 is 1.32 bits per heavy atom. The molecule has 0 spiro atoms. The number of carbonyl (C=O) groups excluding carboxylic acids is 2. The SMILES string of the molecule is COc1ccc(C(=O)/C=C\c2ccc(OC(=O)c3ccc(C)cc3)cc2)cc1. The molecule has 0 aliphatic rings. The first-order chi connectivity index (χ1) is 13.5. The first-order valence-corrected chi connectivity index (χ1v) is 8.80. The molecule has 28 heavy (non-hydrogen) atoms. The van der Waals surface area contributed by atoms with Crippen molar-refractivity contribution in [3.05, 3.63) is 101 Å². The standard InChI is InChI=1S/C24H20O4/c1-17-3-8-20(9-4-17)24(26)28-22-12-5-18(6-13-22)7-16-23(25)19-10-14-21(27-2)15-11-19/h3-16H,1-2H3/b16-7-. The van der Waals surface area contributed by atoms with E-state index in [9.17, 15) is 9.59 Å². The Morgan fingerprint density at radius 1 is 0.750 bits per heavy atom. The number of hydrogen-bond donors (Lipinski definition) is 0. The van der Waals surface area contributed by atoms with Gasteiger partial charge in [-0.15, -0.1) is 0 Å². The summed E-state index contributed by atoms with van der Waals surface area (Å²) in [6, 6.07) is 21.1. The van der Waals surface area contributed by atoms with Crippen LogP contribution in [0.5, 0.6) is 11.5 Å². The molecule has 0 amide bonds. The molecule has 3 aromatic rings. The fraction of sp³-hybridized carbons (Fsp3) is 0.0833. The number of esters is 1. The Morgan fingerprint density at radius 3 is 1.93 bits per heavy atom. The number of ketones is 1. The molecule has 4 heteroatoms. The zero-order valence-electron chi connectivity index (χ0n) is 15.7. The summed E-state index contributed by atoms with van der Waals surface area (Å²) in [7, 11) is 1.58. The first kappa shape index (κ1) is 19.1. The van der Waals surface area contributed by atoms with E-state index in [2.05, 4.69) is 0 Å². The van der Waals surface area contributed by atoms with Crippen LogP contribution in [0.25, 0.3) is 6.08 Å². The Bertz CT molecular complexity index is 982. The van der Waals surface area contributed by atoms with Crippen molar-refractivity contribution < 1.29 is 19.1 Å². The minimum absolute atomic E-state index is 0.0995. The molecule has 0 bridgehead atoms. The molecular weight excluding hydrogens is 352 g/mol. The lowest BCUT2D eigenvalue weighted by molar-refractivity contribution is 0.0734. The zero-order valence-corrected chi connectivity index (χ0v) is 15.7. The molecule has 0 aliphatic heterocycles. The molecule has 140 valence electrons. The van der Waals surface area contributed by atoms with E-state index in [1.165, 1.54) is 6.08 Å². The Hall–Kier alpha value is -3.66. The molecule has 0 unspecified atom stereocenters. The number of allylic oxidation sites excluding steroid dienone is 1. The molecular formula is C24H20O4. The molecule has 0 aromatic heterocycles. The summed E-state index contributed by atoms with van der Waals surface area (Å²) in [6.45, 7) is 1.96. The van der Waals surface area contributed by atoms with Crippen molar-refractivity contribution in [1.29, 1.82) is 0 Å². The normalized spacial score (nSPS) is 10.6. The highest BCUT2D eigenvalue weighted by atomic mass is 16.5. The van der Waals surface area contributed by atoms with Crippen LogP contribution in [0.2, 0.25) is 0 Å². The van der Waals surface area contributed by atoms with E-state index in [0.29, 0.717) is 22.6 Å². The summed E-state index contributed by atoms with van der Waals surface area (Å²) in [5.41, 5.74) is 2.99. The van der Waals surface area contributed by atoms with Gasteiger partial charge < -0.3 is 9.47 Å². The van der Waals surface area contributed by atoms with Crippen LogP contribution in [0, 0.1) is 6.92 Å². The van der Waals surface area contributed by atoms with Gasteiger partial charge in [0.2, 0.25) is 0 Å². The molecule has 0 N–H and O–H groups in total. The highest BCUT2D eigenvalue weighted by Crippen LogP contribution is 2.17. The summed E-state index contributed by atoms with van der Waals surface area (Å²) in [4.78, 5) is 24.4. The van der Waals surface area contributed by atoms with Crippen molar-refractivity contribution in [3.8, 4) is 11.5 Å². The Balaban J connectivity index is 1.61. The Kier molecular flexibility index (Phi) is 6.02. The summed E-state index contributed by atoms with van der Waals surface area (Å²) >= 11 is 0. The van der Waals surface area contributed by atoms with Gasteiger partial charge in [0.15, 0.2) is 5.78 Å². The van der Waals surface area contributed by atoms with Crippen LogP contribution in [0.4, 0.5) is 0 Å². The predicted molar refractivity (Wildman–Crippen MR) is 109 cm³/mol. The minimum Gasteiger partial charge on any atom is -0.497 e. The van der Waals surface area contributed by atoms with E-state index in [1.54, 1.807) is 73.8 Å². The predicted octanol–water partition coefficient (Wildman–Crippen LogP) is 5.12. The van der Waals surface area contributed by atoms with Crippen molar-refractivity contribution in [1.82, 2.24) is 0 Å². The van der Waals surface area contributed by atoms with Crippen LogP contribution in [-0.4, -0.2) is 18.9 Å². The quantitative estimate of drug-likeness (QED) is 0.261. The van der Waals surface area contributed by atoms with Gasteiger partial charge in [0, 0.05) is 5.56 Å². The molecule has 0 aliphatic carbocycles. The third-order valence-electron chi connectivity index (χ3n) is 4.18. The Labute approximate surface area is 164 Å². The average Bonchev–Trinajstić information content (AvgIpc) is 2.73. The molecule has 0 atom stereocenters. The maximum absolute atomic E-state index is 12.2. The smallest absolute Gasteiger partial charge is 0.343 e. The van der Waals surface area contributed by atoms with Crippen LogP contribution in [0.1, 0.15) is 31.8 Å². The highest BCUT2D eigenvalue weighted by molar-refractivity contribution is 6.06. The van der Waals surface area contributed by atoms with Gasteiger partial charge in [-0.2, -0.15) is 0 Å². The number of rotatable bonds is 6. The van der Waals surface area contributed by atoms with Crippen molar-refractivity contribution in [2.45, 2.75) is 6.92 Å². The second-order valence-corrected chi connectivity index (χ2v) is 6.25. The maximum atomic E-state index is 12.2. The van der Waals surface area contributed by atoms with Crippen molar-refractivity contribution in [2.75, 3.05) is 7.11 Å². The van der Waals surface area contributed by atoms with E-state index in [1.807, 2.05) is 19.1 Å². The molecule has 4 nitrogen and oxygen atoms in total. The molecule has 0 saturated heterocycles.